The first-order valence-corrected chi connectivity index (χ1v) is 19.4. The molecule has 6 nitrogen and oxygen atoms in total. The second kappa shape index (κ2) is 12.6. The van der Waals surface area contributed by atoms with Gasteiger partial charge < -0.3 is 18.7 Å². The summed E-state index contributed by atoms with van der Waals surface area (Å²) in [6, 6.07) is 63.7. The van der Waals surface area contributed by atoms with Gasteiger partial charge in [-0.1, -0.05) is 127 Å². The van der Waals surface area contributed by atoms with Crippen LogP contribution in [0.25, 0.3) is 82.5 Å². The van der Waals surface area contributed by atoms with Crippen LogP contribution in [-0.2, 0) is 0 Å². The molecule has 12 rings (SSSR count). The van der Waals surface area contributed by atoms with Gasteiger partial charge in [-0.15, -0.1) is 0 Å². The van der Waals surface area contributed by atoms with Crippen LogP contribution in [0.4, 0.5) is 0 Å². The number of aliphatic imine (C=N–C) groups is 1. The molecule has 0 fully saturated rings. The third kappa shape index (κ3) is 5.04. The van der Waals surface area contributed by atoms with Gasteiger partial charge in [-0.2, -0.15) is 0 Å². The highest BCUT2D eigenvalue weighted by molar-refractivity contribution is 6.15. The summed E-state index contributed by atoms with van der Waals surface area (Å²) in [5.74, 6) is 0.850. The van der Waals surface area contributed by atoms with Crippen molar-refractivity contribution >= 4 is 71.5 Å². The number of hydrogen-bond acceptors (Lipinski definition) is 5. The molecule has 4 heterocycles. The minimum Gasteiger partial charge on any atom is -0.456 e. The Morgan fingerprint density at radius 3 is 1.88 bits per heavy atom. The van der Waals surface area contributed by atoms with Gasteiger partial charge in [0.15, 0.2) is 0 Å². The largest absolute Gasteiger partial charge is 0.456 e. The fraction of sp³-hybridized carbons (Fsp3) is 0.0392. The zero-order chi connectivity index (χ0) is 37.5. The third-order valence-electron chi connectivity index (χ3n) is 11.5. The maximum atomic E-state index is 6.67. The molecule has 1 aliphatic heterocycles. The predicted molar refractivity (Wildman–Crippen MR) is 232 cm³/mol. The van der Waals surface area contributed by atoms with E-state index in [9.17, 15) is 0 Å². The summed E-state index contributed by atoms with van der Waals surface area (Å²) in [4.78, 5) is 5.12. The van der Waals surface area contributed by atoms with Gasteiger partial charge >= 0.3 is 0 Å². The Morgan fingerprint density at radius 1 is 0.474 bits per heavy atom. The lowest BCUT2D eigenvalue weighted by molar-refractivity contribution is 0.411. The van der Waals surface area contributed by atoms with Crippen LogP contribution in [0.1, 0.15) is 29.0 Å². The first-order valence-electron chi connectivity index (χ1n) is 19.4. The van der Waals surface area contributed by atoms with E-state index < -0.39 is 0 Å². The number of benzene rings is 8. The standard InChI is InChI=1S/C51H34N4O2/c1-3-13-31(14-4-1)49-52-50(32-15-5-2-6-16-32)54-51(53-49)40-20-12-24-44-48(40)38-27-25-33(29-45(38)56-44)35-19-11-23-43-47(35)39-28-26-34(30-46(39)57-43)55-41-21-9-7-17-36(41)37-18-8-10-22-42(37)55/h1-30,49,51,53H,(H,52,54). The van der Waals surface area contributed by atoms with Crippen molar-refractivity contribution in [1.82, 2.24) is 15.2 Å². The normalized spacial score (nSPS) is 15.9. The molecule has 0 amide bonds. The van der Waals surface area contributed by atoms with Crippen LogP contribution in [-0.4, -0.2) is 10.4 Å². The number of rotatable bonds is 5. The lowest BCUT2D eigenvalue weighted by atomic mass is 9.97. The van der Waals surface area contributed by atoms with Crippen molar-refractivity contribution in [2.75, 3.05) is 0 Å². The number of nitrogens with one attached hydrogen (secondary N) is 2. The van der Waals surface area contributed by atoms with Crippen molar-refractivity contribution in [3.8, 4) is 16.8 Å². The average molecular weight is 735 g/mol. The molecule has 1 aliphatic rings. The van der Waals surface area contributed by atoms with Crippen LogP contribution in [0.5, 0.6) is 0 Å². The number of aromatic nitrogens is 1. The first kappa shape index (κ1) is 31.9. The van der Waals surface area contributed by atoms with Gasteiger partial charge in [0.25, 0.3) is 0 Å². The van der Waals surface area contributed by atoms with E-state index in [0.29, 0.717) is 0 Å². The van der Waals surface area contributed by atoms with E-state index in [1.807, 2.05) is 24.3 Å². The Hall–Kier alpha value is -7.41. The lowest BCUT2D eigenvalue weighted by Crippen LogP contribution is -2.45. The maximum absolute atomic E-state index is 6.67. The third-order valence-corrected chi connectivity index (χ3v) is 11.5. The molecule has 2 unspecified atom stereocenters. The van der Waals surface area contributed by atoms with Crippen LogP contribution in [0.2, 0.25) is 0 Å². The number of para-hydroxylation sites is 2. The molecule has 0 aliphatic carbocycles. The quantitative estimate of drug-likeness (QED) is 0.185. The van der Waals surface area contributed by atoms with Crippen molar-refractivity contribution in [3.63, 3.8) is 0 Å². The summed E-state index contributed by atoms with van der Waals surface area (Å²) < 4.78 is 15.6. The molecule has 0 radical (unpaired) electrons. The molecule has 6 heteroatoms. The van der Waals surface area contributed by atoms with Gasteiger partial charge in [0.2, 0.25) is 0 Å². The van der Waals surface area contributed by atoms with Crippen LogP contribution in [0, 0.1) is 0 Å². The summed E-state index contributed by atoms with van der Waals surface area (Å²) >= 11 is 0. The Bertz CT molecular complexity index is 3320. The van der Waals surface area contributed by atoms with Crippen molar-refractivity contribution in [2.45, 2.75) is 12.3 Å². The summed E-state index contributed by atoms with van der Waals surface area (Å²) in [7, 11) is 0. The van der Waals surface area contributed by atoms with Gasteiger partial charge in [0.05, 0.1) is 11.0 Å². The van der Waals surface area contributed by atoms with E-state index in [2.05, 4.69) is 173 Å². The summed E-state index contributed by atoms with van der Waals surface area (Å²) in [6.07, 6.45) is -0.443. The topological polar surface area (TPSA) is 67.6 Å². The minimum absolute atomic E-state index is 0.217. The molecule has 2 atom stereocenters. The lowest BCUT2D eigenvalue weighted by Gasteiger charge is -2.32. The fourth-order valence-electron chi connectivity index (χ4n) is 8.92. The Kier molecular flexibility index (Phi) is 7.03. The molecule has 57 heavy (non-hydrogen) atoms. The van der Waals surface area contributed by atoms with Gasteiger partial charge in [-0.05, 0) is 65.2 Å². The van der Waals surface area contributed by atoms with Crippen molar-refractivity contribution < 1.29 is 8.83 Å². The zero-order valence-electron chi connectivity index (χ0n) is 30.7. The van der Waals surface area contributed by atoms with Gasteiger partial charge in [-0.3, -0.25) is 5.32 Å². The number of fused-ring (bicyclic) bond motifs is 9. The molecule has 0 bridgehead atoms. The molecule has 0 saturated heterocycles. The highest BCUT2D eigenvalue weighted by Crippen LogP contribution is 2.42. The monoisotopic (exact) mass is 734 g/mol. The fourth-order valence-corrected chi connectivity index (χ4v) is 8.92. The highest BCUT2D eigenvalue weighted by atomic mass is 16.3. The first-order chi connectivity index (χ1) is 28.2. The average Bonchev–Trinajstić information content (AvgIpc) is 3.96. The second-order valence-electron chi connectivity index (χ2n) is 14.8. The smallest absolute Gasteiger partial charge is 0.137 e. The van der Waals surface area contributed by atoms with E-state index >= 15 is 0 Å². The van der Waals surface area contributed by atoms with Crippen molar-refractivity contribution in [1.29, 1.82) is 0 Å². The van der Waals surface area contributed by atoms with Crippen LogP contribution in [0.15, 0.2) is 196 Å². The second-order valence-corrected chi connectivity index (χ2v) is 14.8. The summed E-state index contributed by atoms with van der Waals surface area (Å²) in [5, 5.41) is 14.3. The summed E-state index contributed by atoms with van der Waals surface area (Å²) in [6.45, 7) is 0. The molecule has 270 valence electrons. The van der Waals surface area contributed by atoms with E-state index in [1.54, 1.807) is 0 Å². The molecular weight excluding hydrogens is 701 g/mol. The highest BCUT2D eigenvalue weighted by Gasteiger charge is 2.28. The molecule has 8 aromatic carbocycles. The molecule has 0 saturated carbocycles. The van der Waals surface area contributed by atoms with Crippen molar-refractivity contribution in [2.24, 2.45) is 4.99 Å². The molecule has 11 aromatic rings. The Labute approximate surface area is 327 Å². The predicted octanol–water partition coefficient (Wildman–Crippen LogP) is 12.6. The Balaban J connectivity index is 0.958. The van der Waals surface area contributed by atoms with Crippen LogP contribution >= 0.6 is 0 Å². The van der Waals surface area contributed by atoms with Gasteiger partial charge in [0.1, 0.15) is 40.5 Å². The number of amidine groups is 1. The zero-order valence-corrected chi connectivity index (χ0v) is 30.7. The van der Waals surface area contributed by atoms with E-state index in [4.69, 9.17) is 13.8 Å². The van der Waals surface area contributed by atoms with E-state index in [-0.39, 0.29) is 12.3 Å². The van der Waals surface area contributed by atoms with Gasteiger partial charge in [0, 0.05) is 55.2 Å². The van der Waals surface area contributed by atoms with E-state index in [0.717, 1.165) is 83.2 Å². The summed E-state index contributed by atoms with van der Waals surface area (Å²) in [5.41, 5.74) is 12.2. The van der Waals surface area contributed by atoms with Crippen molar-refractivity contribution in [3.05, 3.63) is 199 Å². The SMILES string of the molecule is c1ccc(C2=NC(c3ccccc3)NC(c3cccc4oc5cc(-c6cccc7oc8cc(-n9c%10ccccc%10c%10ccccc%109)ccc8c67)ccc5c34)N2)cc1. The minimum atomic E-state index is -0.226. The molecular formula is C51H34N4O2. The van der Waals surface area contributed by atoms with E-state index in [1.165, 1.54) is 21.8 Å². The molecule has 2 N–H and O–H groups in total. The van der Waals surface area contributed by atoms with Crippen LogP contribution < -0.4 is 10.6 Å². The number of nitrogens with zero attached hydrogens (tertiary/aromatic N) is 2. The maximum Gasteiger partial charge on any atom is 0.137 e. The number of furan rings is 2. The number of hydrogen-bond donors (Lipinski definition) is 2. The molecule has 0 spiro atoms. The van der Waals surface area contributed by atoms with Gasteiger partial charge in [-0.25, -0.2) is 4.99 Å². The van der Waals surface area contributed by atoms with Crippen LogP contribution in [0.3, 0.4) is 0 Å². The Morgan fingerprint density at radius 2 is 1.11 bits per heavy atom. The molecule has 3 aromatic heterocycles.